The van der Waals surface area contributed by atoms with Crippen molar-refractivity contribution in [2.75, 3.05) is 45.8 Å². The second-order valence-corrected chi connectivity index (χ2v) is 5.54. The minimum absolute atomic E-state index is 0.100. The highest BCUT2D eigenvalue weighted by Gasteiger charge is 2.37. The predicted molar refractivity (Wildman–Crippen MR) is 69.5 cm³/mol. The van der Waals surface area contributed by atoms with Crippen LogP contribution in [-0.4, -0.2) is 78.2 Å². The van der Waals surface area contributed by atoms with Gasteiger partial charge in [0.25, 0.3) is 5.91 Å². The smallest absolute Gasteiger partial charge is 0.322 e. The summed E-state index contributed by atoms with van der Waals surface area (Å²) in [6.45, 7) is 4.05. The van der Waals surface area contributed by atoms with Gasteiger partial charge in [-0.2, -0.15) is 8.78 Å². The summed E-state index contributed by atoms with van der Waals surface area (Å²) in [5.41, 5.74) is 0. The zero-order chi connectivity index (χ0) is 14.8. The number of amides is 2. The molecule has 0 N–H and O–H groups in total. The summed E-state index contributed by atoms with van der Waals surface area (Å²) in [7, 11) is 0. The molecular formula is C13H21F2N3O2. The molecule has 0 unspecified atom stereocenters. The highest BCUT2D eigenvalue weighted by Crippen LogP contribution is 2.17. The van der Waals surface area contributed by atoms with Crippen molar-refractivity contribution >= 4 is 11.8 Å². The summed E-state index contributed by atoms with van der Waals surface area (Å²) in [6, 6.07) is 0. The lowest BCUT2D eigenvalue weighted by Gasteiger charge is -2.35. The van der Waals surface area contributed by atoms with E-state index in [4.69, 9.17) is 0 Å². The van der Waals surface area contributed by atoms with Gasteiger partial charge >= 0.3 is 5.92 Å². The minimum Gasteiger partial charge on any atom is -0.342 e. The fourth-order valence-electron chi connectivity index (χ4n) is 2.64. The molecule has 0 aromatic heterocycles. The molecule has 2 saturated heterocycles. The predicted octanol–water partition coefficient (Wildman–Crippen LogP) is 0.408. The van der Waals surface area contributed by atoms with Crippen molar-refractivity contribution in [3.05, 3.63) is 0 Å². The van der Waals surface area contributed by atoms with Crippen LogP contribution in [0.2, 0.25) is 0 Å². The molecule has 2 heterocycles. The van der Waals surface area contributed by atoms with E-state index in [1.807, 2.05) is 9.80 Å². The van der Waals surface area contributed by atoms with Crippen LogP contribution in [0.15, 0.2) is 0 Å². The Hall–Kier alpha value is -1.24. The van der Waals surface area contributed by atoms with E-state index in [1.165, 1.54) is 4.90 Å². The molecule has 0 bridgehead atoms. The average molecular weight is 289 g/mol. The zero-order valence-electron chi connectivity index (χ0n) is 11.8. The maximum absolute atomic E-state index is 12.9. The van der Waals surface area contributed by atoms with Crippen molar-refractivity contribution in [3.63, 3.8) is 0 Å². The van der Waals surface area contributed by atoms with Gasteiger partial charge in [-0.1, -0.05) is 0 Å². The Bertz CT molecular complexity index is 370. The molecule has 0 aliphatic carbocycles. The van der Waals surface area contributed by atoms with Crippen LogP contribution >= 0.6 is 0 Å². The third kappa shape index (κ3) is 3.65. The summed E-state index contributed by atoms with van der Waals surface area (Å²) in [5.74, 6) is -4.33. The van der Waals surface area contributed by atoms with Crippen LogP contribution in [0, 0.1) is 0 Å². The highest BCUT2D eigenvalue weighted by molar-refractivity contribution is 5.83. The van der Waals surface area contributed by atoms with Gasteiger partial charge in [-0.05, 0) is 12.8 Å². The van der Waals surface area contributed by atoms with Crippen LogP contribution in [0.1, 0.15) is 19.8 Å². The number of carbonyl (C=O) groups excluding carboxylic acids is 2. The van der Waals surface area contributed by atoms with E-state index in [0.717, 1.165) is 25.9 Å². The average Bonchev–Trinajstić information content (AvgIpc) is 2.91. The Balaban J connectivity index is 1.77. The van der Waals surface area contributed by atoms with Gasteiger partial charge in [0.05, 0.1) is 6.54 Å². The lowest BCUT2D eigenvalue weighted by molar-refractivity contribution is -0.156. The quantitative estimate of drug-likeness (QED) is 0.756. The van der Waals surface area contributed by atoms with Crippen LogP contribution in [0.4, 0.5) is 8.78 Å². The van der Waals surface area contributed by atoms with E-state index >= 15 is 0 Å². The summed E-state index contributed by atoms with van der Waals surface area (Å²) in [6.07, 6.45) is 2.11. The van der Waals surface area contributed by atoms with E-state index in [9.17, 15) is 18.4 Å². The van der Waals surface area contributed by atoms with Crippen molar-refractivity contribution < 1.29 is 18.4 Å². The van der Waals surface area contributed by atoms with Gasteiger partial charge in [0.15, 0.2) is 0 Å². The van der Waals surface area contributed by atoms with E-state index in [1.54, 1.807) is 0 Å². The fourth-order valence-corrected chi connectivity index (χ4v) is 2.64. The molecule has 20 heavy (non-hydrogen) atoms. The summed E-state index contributed by atoms with van der Waals surface area (Å²) >= 11 is 0. The van der Waals surface area contributed by atoms with Gasteiger partial charge in [-0.15, -0.1) is 0 Å². The Labute approximate surface area is 117 Å². The second kappa shape index (κ2) is 6.03. The lowest BCUT2D eigenvalue weighted by Crippen LogP contribution is -2.54. The van der Waals surface area contributed by atoms with E-state index in [0.29, 0.717) is 26.6 Å². The van der Waals surface area contributed by atoms with Gasteiger partial charge in [0.2, 0.25) is 5.91 Å². The third-order valence-electron chi connectivity index (χ3n) is 3.85. The number of hydrogen-bond donors (Lipinski definition) is 0. The van der Waals surface area contributed by atoms with Gasteiger partial charge in [0, 0.05) is 46.2 Å². The molecule has 0 aromatic rings. The molecule has 2 aliphatic heterocycles. The second-order valence-electron chi connectivity index (χ2n) is 5.54. The standard InChI is InChI=1S/C13H21F2N3O2/c1-13(14,15)12(20)18-8-6-16(7-9-18)10-11(19)17-4-2-3-5-17/h2-10H2,1H3. The van der Waals surface area contributed by atoms with Crippen LogP contribution in [0.3, 0.4) is 0 Å². The number of carbonyl (C=O) groups is 2. The van der Waals surface area contributed by atoms with Gasteiger partial charge in [-0.3, -0.25) is 14.5 Å². The van der Waals surface area contributed by atoms with Gasteiger partial charge in [-0.25, -0.2) is 0 Å². The molecule has 2 fully saturated rings. The molecule has 2 amide bonds. The Kier molecular flexibility index (Phi) is 4.57. The molecule has 2 rings (SSSR count). The first-order valence-corrected chi connectivity index (χ1v) is 7.05. The van der Waals surface area contributed by atoms with Gasteiger partial charge < -0.3 is 9.80 Å². The number of hydrogen-bond acceptors (Lipinski definition) is 3. The van der Waals surface area contributed by atoms with Gasteiger partial charge in [0.1, 0.15) is 0 Å². The number of nitrogens with zero attached hydrogens (tertiary/aromatic N) is 3. The molecule has 5 nitrogen and oxygen atoms in total. The fraction of sp³-hybridized carbons (Fsp3) is 0.846. The van der Waals surface area contributed by atoms with E-state index < -0.39 is 11.8 Å². The first-order valence-electron chi connectivity index (χ1n) is 7.05. The van der Waals surface area contributed by atoms with Crippen LogP contribution in [-0.2, 0) is 9.59 Å². The Morgan fingerprint density at radius 3 is 2.00 bits per heavy atom. The first kappa shape index (κ1) is 15.2. The summed E-state index contributed by atoms with van der Waals surface area (Å²) in [5, 5.41) is 0. The number of piperazine rings is 1. The Morgan fingerprint density at radius 2 is 1.50 bits per heavy atom. The molecule has 0 radical (unpaired) electrons. The molecule has 0 spiro atoms. The third-order valence-corrected chi connectivity index (χ3v) is 3.85. The topological polar surface area (TPSA) is 43.9 Å². The largest absolute Gasteiger partial charge is 0.342 e. The monoisotopic (exact) mass is 289 g/mol. The lowest BCUT2D eigenvalue weighted by atomic mass is 10.2. The van der Waals surface area contributed by atoms with Crippen LogP contribution in [0.5, 0.6) is 0 Å². The van der Waals surface area contributed by atoms with Crippen LogP contribution in [0.25, 0.3) is 0 Å². The number of likely N-dealkylation sites (tertiary alicyclic amines) is 1. The number of halogens is 2. The summed E-state index contributed by atoms with van der Waals surface area (Å²) < 4.78 is 25.9. The van der Waals surface area contributed by atoms with Crippen LogP contribution < -0.4 is 0 Å². The van der Waals surface area contributed by atoms with Crippen molar-refractivity contribution in [2.45, 2.75) is 25.7 Å². The van der Waals surface area contributed by atoms with E-state index in [2.05, 4.69) is 0 Å². The van der Waals surface area contributed by atoms with Crippen molar-refractivity contribution in [1.82, 2.24) is 14.7 Å². The molecule has 0 saturated carbocycles. The van der Waals surface area contributed by atoms with Crippen molar-refractivity contribution in [2.24, 2.45) is 0 Å². The number of alkyl halides is 2. The normalized spacial score (nSPS) is 21.4. The molecule has 7 heteroatoms. The maximum atomic E-state index is 12.9. The molecule has 2 aliphatic rings. The highest BCUT2D eigenvalue weighted by atomic mass is 19.3. The molecule has 114 valence electrons. The minimum atomic E-state index is -3.31. The SMILES string of the molecule is CC(F)(F)C(=O)N1CCN(CC(=O)N2CCCC2)CC1. The number of rotatable bonds is 3. The molecule has 0 atom stereocenters. The zero-order valence-corrected chi connectivity index (χ0v) is 11.8. The Morgan fingerprint density at radius 1 is 0.950 bits per heavy atom. The van der Waals surface area contributed by atoms with Crippen molar-refractivity contribution in [3.8, 4) is 0 Å². The van der Waals surface area contributed by atoms with Crippen molar-refractivity contribution in [1.29, 1.82) is 0 Å². The maximum Gasteiger partial charge on any atom is 0.322 e. The first-order chi connectivity index (χ1) is 9.38. The summed E-state index contributed by atoms with van der Waals surface area (Å²) in [4.78, 5) is 28.4. The van der Waals surface area contributed by atoms with E-state index in [-0.39, 0.29) is 19.0 Å². The molecule has 0 aromatic carbocycles. The molecular weight excluding hydrogens is 268 g/mol.